The highest BCUT2D eigenvalue weighted by atomic mass is 32.2. The van der Waals surface area contributed by atoms with E-state index < -0.39 is 21.6 Å². The van der Waals surface area contributed by atoms with E-state index in [0.717, 1.165) is 24.8 Å². The van der Waals surface area contributed by atoms with Crippen molar-refractivity contribution in [2.75, 3.05) is 12.5 Å². The van der Waals surface area contributed by atoms with Gasteiger partial charge >= 0.3 is 0 Å². The summed E-state index contributed by atoms with van der Waals surface area (Å²) in [6.45, 7) is 0. The fraction of sp³-hybridized carbons (Fsp3) is 0.417. The average Bonchev–Trinajstić information content (AvgIpc) is 3.37. The zero-order valence-electron chi connectivity index (χ0n) is 18.2. The molecule has 8 heteroatoms. The van der Waals surface area contributed by atoms with Gasteiger partial charge in [0.1, 0.15) is 11.9 Å². The molecule has 3 unspecified atom stereocenters. The quantitative estimate of drug-likeness (QED) is 0.698. The zero-order valence-corrected chi connectivity index (χ0v) is 19.0. The summed E-state index contributed by atoms with van der Waals surface area (Å²) in [6, 6.07) is 13.4. The number of hydrogen-bond acceptors (Lipinski definition) is 5. The first kappa shape index (κ1) is 22.4. The largest absolute Gasteiger partial charge is 0.339 e. The maximum Gasteiger partial charge on any atom is 0.238 e. The summed E-state index contributed by atoms with van der Waals surface area (Å²) in [7, 11) is -2.30. The molecule has 1 saturated heterocycles. The summed E-state index contributed by atoms with van der Waals surface area (Å²) in [5.41, 5.74) is 2.36. The lowest BCUT2D eigenvalue weighted by molar-refractivity contribution is -0.124. The Kier molecular flexibility index (Phi) is 6.31. The molecule has 4 rings (SSSR count). The monoisotopic (exact) mass is 454 g/mol. The third-order valence-electron chi connectivity index (χ3n) is 6.10. The van der Waals surface area contributed by atoms with Crippen LogP contribution in [0, 0.1) is 23.1 Å². The molecule has 32 heavy (non-hydrogen) atoms. The highest BCUT2D eigenvalue weighted by molar-refractivity contribution is 7.92. The van der Waals surface area contributed by atoms with Crippen molar-refractivity contribution in [1.82, 2.24) is 10.6 Å². The number of hydrogen-bond donors (Lipinski definition) is 2. The smallest absolute Gasteiger partial charge is 0.238 e. The molecular formula is C24H27FN4O2S. The van der Waals surface area contributed by atoms with Crippen LogP contribution in [0.2, 0.25) is 0 Å². The molecule has 1 amide bonds. The lowest BCUT2D eigenvalue weighted by atomic mass is 9.97. The van der Waals surface area contributed by atoms with Gasteiger partial charge in [0.25, 0.3) is 0 Å². The number of halogens is 1. The summed E-state index contributed by atoms with van der Waals surface area (Å²) in [5, 5.41) is 15.6. The van der Waals surface area contributed by atoms with Crippen molar-refractivity contribution in [3.8, 4) is 17.2 Å². The van der Waals surface area contributed by atoms with Gasteiger partial charge in [-0.05, 0) is 60.1 Å². The number of fused-ring (bicyclic) bond motifs is 2. The van der Waals surface area contributed by atoms with Crippen LogP contribution in [0.3, 0.4) is 0 Å². The molecule has 1 saturated carbocycles. The second kappa shape index (κ2) is 9.00. The number of carbonyl (C=O) groups is 1. The minimum absolute atomic E-state index is 0.0955. The number of nitrogens with one attached hydrogen (secondary N) is 2. The molecule has 2 aliphatic rings. The third-order valence-corrected chi connectivity index (χ3v) is 6.75. The van der Waals surface area contributed by atoms with Crippen molar-refractivity contribution < 1.29 is 13.4 Å². The van der Waals surface area contributed by atoms with Gasteiger partial charge in [0.15, 0.2) is 0 Å². The number of amides is 1. The predicted octanol–water partition coefficient (Wildman–Crippen LogP) is 3.54. The molecule has 2 aromatic rings. The molecule has 2 bridgehead atoms. The van der Waals surface area contributed by atoms with Crippen molar-refractivity contribution in [1.29, 1.82) is 5.26 Å². The number of carbonyl (C=O) groups excluding carboxylic acids is 1. The van der Waals surface area contributed by atoms with E-state index in [4.69, 9.17) is 0 Å². The van der Waals surface area contributed by atoms with Crippen LogP contribution in [0.4, 0.5) is 10.1 Å². The highest BCUT2D eigenvalue weighted by Gasteiger charge is 2.43. The Morgan fingerprint density at radius 3 is 2.69 bits per heavy atom. The molecule has 168 valence electrons. The van der Waals surface area contributed by atoms with Crippen LogP contribution >= 0.6 is 0 Å². The van der Waals surface area contributed by atoms with E-state index >= 15 is 0 Å². The van der Waals surface area contributed by atoms with E-state index in [1.54, 1.807) is 42.8 Å². The second-order valence-electron chi connectivity index (χ2n) is 8.94. The summed E-state index contributed by atoms with van der Waals surface area (Å²) < 4.78 is 31.0. The van der Waals surface area contributed by atoms with Crippen LogP contribution in [0.5, 0.6) is 0 Å². The van der Waals surface area contributed by atoms with Gasteiger partial charge in [0, 0.05) is 34.7 Å². The summed E-state index contributed by atoms with van der Waals surface area (Å²) in [4.78, 5) is 12.6. The van der Waals surface area contributed by atoms with E-state index in [2.05, 4.69) is 21.1 Å². The Labute approximate surface area is 188 Å². The summed E-state index contributed by atoms with van der Waals surface area (Å²) >= 11 is 0. The highest BCUT2D eigenvalue weighted by Crippen LogP contribution is 2.35. The standard InChI is InChI=1S/C24H27FN4O2S/c1-32(2,31)29-20-5-3-4-15(10-20)16-6-7-17(22(25)13-16)11-21(14-26)28-24(30)23-18-8-9-19(12-18)27-23/h3-7,10,13,18-19,21,23,27H,8-9,11-12H2,1-2H3,(H,28,30)/t18?,19?,21-,23?/m0/s1. The van der Waals surface area contributed by atoms with Gasteiger partial charge in [0.2, 0.25) is 5.91 Å². The molecule has 2 N–H and O–H groups in total. The molecule has 2 fully saturated rings. The van der Waals surface area contributed by atoms with Crippen molar-refractivity contribution in [3.05, 3.63) is 53.8 Å². The molecular weight excluding hydrogens is 427 g/mol. The minimum atomic E-state index is -2.30. The van der Waals surface area contributed by atoms with Gasteiger partial charge < -0.3 is 10.6 Å². The Hall–Kier alpha value is -2.76. The fourth-order valence-electron chi connectivity index (χ4n) is 4.65. The maximum atomic E-state index is 14.9. The number of piperidine rings is 1. The maximum absolute atomic E-state index is 14.9. The van der Waals surface area contributed by atoms with Crippen molar-refractivity contribution in [2.45, 2.75) is 43.8 Å². The van der Waals surface area contributed by atoms with E-state index in [1.165, 1.54) is 6.07 Å². The third kappa shape index (κ3) is 5.17. The van der Waals surface area contributed by atoms with Gasteiger partial charge in [-0.3, -0.25) is 4.79 Å². The first-order valence-electron chi connectivity index (χ1n) is 10.7. The van der Waals surface area contributed by atoms with E-state index in [1.807, 2.05) is 6.07 Å². The lowest BCUT2D eigenvalue weighted by Crippen LogP contribution is -2.50. The van der Waals surface area contributed by atoms with Gasteiger partial charge in [0.05, 0.1) is 17.8 Å². The topological polar surface area (TPSA) is 94.3 Å². The van der Waals surface area contributed by atoms with E-state index in [-0.39, 0.29) is 18.4 Å². The molecule has 1 heterocycles. The Balaban J connectivity index is 1.46. The predicted molar refractivity (Wildman–Crippen MR) is 123 cm³/mol. The van der Waals surface area contributed by atoms with Gasteiger partial charge in [-0.1, -0.05) is 24.3 Å². The number of rotatable bonds is 6. The first-order chi connectivity index (χ1) is 15.2. The van der Waals surface area contributed by atoms with Crippen LogP contribution in [-0.2, 0) is 20.9 Å². The second-order valence-corrected chi connectivity index (χ2v) is 11.5. The van der Waals surface area contributed by atoms with Gasteiger partial charge in [-0.15, -0.1) is 0 Å². The fourth-order valence-corrected chi connectivity index (χ4v) is 5.27. The first-order valence-corrected chi connectivity index (χ1v) is 13.1. The van der Waals surface area contributed by atoms with Gasteiger partial charge in [-0.2, -0.15) is 9.62 Å². The Morgan fingerprint density at radius 2 is 2.06 bits per heavy atom. The summed E-state index contributed by atoms with van der Waals surface area (Å²) in [6.07, 6.45) is 6.36. The van der Waals surface area contributed by atoms with Crippen molar-refractivity contribution in [2.24, 2.45) is 10.3 Å². The molecule has 2 aromatic carbocycles. The minimum Gasteiger partial charge on any atom is -0.339 e. The average molecular weight is 455 g/mol. The Bertz CT molecular complexity index is 1190. The number of benzene rings is 2. The molecule has 4 atom stereocenters. The van der Waals surface area contributed by atoms with Crippen LogP contribution < -0.4 is 10.6 Å². The lowest BCUT2D eigenvalue weighted by Gasteiger charge is -2.23. The molecule has 6 nitrogen and oxygen atoms in total. The zero-order chi connectivity index (χ0) is 22.9. The molecule has 0 radical (unpaired) electrons. The number of nitriles is 1. The van der Waals surface area contributed by atoms with E-state index in [9.17, 15) is 18.7 Å². The molecule has 0 aromatic heterocycles. The molecule has 0 spiro atoms. The summed E-state index contributed by atoms with van der Waals surface area (Å²) in [5.74, 6) is -0.288. The number of nitrogens with zero attached hydrogens (tertiary/aromatic N) is 2. The Morgan fingerprint density at radius 1 is 1.28 bits per heavy atom. The van der Waals surface area contributed by atoms with Crippen LogP contribution in [-0.4, -0.2) is 40.8 Å². The van der Waals surface area contributed by atoms with Crippen molar-refractivity contribution in [3.63, 3.8) is 0 Å². The normalized spacial score (nSPS) is 22.9. The molecule has 1 aliphatic heterocycles. The van der Waals surface area contributed by atoms with Crippen LogP contribution in [0.15, 0.2) is 46.8 Å². The molecule has 1 aliphatic carbocycles. The van der Waals surface area contributed by atoms with Crippen LogP contribution in [0.1, 0.15) is 24.8 Å². The van der Waals surface area contributed by atoms with E-state index in [0.29, 0.717) is 28.8 Å². The van der Waals surface area contributed by atoms with Crippen LogP contribution in [0.25, 0.3) is 11.1 Å². The van der Waals surface area contributed by atoms with Crippen molar-refractivity contribution >= 4 is 21.3 Å². The van der Waals surface area contributed by atoms with Gasteiger partial charge in [-0.25, -0.2) is 8.60 Å². The SMILES string of the molecule is CS(C)(=O)=Nc1cccc(-c2ccc(C[C@@H](C#N)NC(=O)C3NC4CCC3C4)c(F)c2)c1.